The van der Waals surface area contributed by atoms with Gasteiger partial charge in [-0.1, -0.05) is 24.3 Å². The second kappa shape index (κ2) is 7.30. The molecule has 0 spiro atoms. The van der Waals surface area contributed by atoms with Gasteiger partial charge in [0.2, 0.25) is 0 Å². The quantitative estimate of drug-likeness (QED) is 0.583. The van der Waals surface area contributed by atoms with E-state index >= 15 is 0 Å². The van der Waals surface area contributed by atoms with Gasteiger partial charge in [-0.2, -0.15) is 0 Å². The molecule has 0 atom stereocenters. The summed E-state index contributed by atoms with van der Waals surface area (Å²) in [5.74, 6) is 0. The first-order valence-corrected chi connectivity index (χ1v) is 9.95. The van der Waals surface area contributed by atoms with E-state index in [2.05, 4.69) is 51.3 Å². The van der Waals surface area contributed by atoms with E-state index < -0.39 is 0 Å². The second-order valence-corrected chi connectivity index (χ2v) is 7.79. The van der Waals surface area contributed by atoms with E-state index in [1.807, 2.05) is 30.9 Å². The third kappa shape index (κ3) is 3.37. The number of rotatable bonds is 3. The van der Waals surface area contributed by atoms with Crippen LogP contribution in [0.2, 0.25) is 0 Å². The highest BCUT2D eigenvalue weighted by Crippen LogP contribution is 2.31. The Balaban J connectivity index is 1.53. The zero-order valence-electron chi connectivity index (χ0n) is 15.9. The molecule has 1 fully saturated rings. The fourth-order valence-corrected chi connectivity index (χ4v) is 4.16. The number of piperidine rings is 1. The lowest BCUT2D eigenvalue weighted by molar-refractivity contribution is 0.206. The van der Waals surface area contributed by atoms with Crippen molar-refractivity contribution in [3.63, 3.8) is 0 Å². The van der Waals surface area contributed by atoms with E-state index in [0.717, 1.165) is 37.9 Å². The van der Waals surface area contributed by atoms with E-state index in [9.17, 15) is 0 Å². The summed E-state index contributed by atoms with van der Waals surface area (Å²) in [5, 5.41) is 4.78. The van der Waals surface area contributed by atoms with Gasteiger partial charge in [0.25, 0.3) is 0 Å². The van der Waals surface area contributed by atoms with Gasteiger partial charge in [-0.05, 0) is 66.0 Å². The van der Waals surface area contributed by atoms with Crippen LogP contribution in [0, 0.1) is 0 Å². The number of hydrogen-bond donors (Lipinski definition) is 1. The Morgan fingerprint density at radius 2 is 1.68 bits per heavy atom. The van der Waals surface area contributed by atoms with E-state index in [1.165, 1.54) is 32.8 Å². The molecule has 0 bridgehead atoms. The minimum atomic E-state index is 0.368. The molecule has 1 aliphatic heterocycles. The number of likely N-dealkylation sites (tertiary alicyclic amines) is 1. The van der Waals surface area contributed by atoms with Gasteiger partial charge in [-0.25, -0.2) is 0 Å². The van der Waals surface area contributed by atoms with Crippen LogP contribution in [0.5, 0.6) is 0 Å². The van der Waals surface area contributed by atoms with E-state index in [1.54, 1.807) is 0 Å². The molecule has 4 aromatic rings. The van der Waals surface area contributed by atoms with Crippen LogP contribution >= 0.6 is 0 Å². The largest absolute Gasteiger partial charge is 0.328 e. The summed E-state index contributed by atoms with van der Waals surface area (Å²) in [5.41, 5.74) is 9.75. The van der Waals surface area contributed by atoms with Crippen molar-refractivity contribution in [2.24, 2.45) is 5.73 Å². The molecule has 4 heteroatoms. The first-order chi connectivity index (χ1) is 13.8. The Labute approximate surface area is 165 Å². The molecule has 140 valence electrons. The van der Waals surface area contributed by atoms with Crippen molar-refractivity contribution in [1.29, 1.82) is 0 Å². The number of nitrogens with zero attached hydrogens (tertiary/aromatic N) is 3. The average molecular weight is 368 g/mol. The Morgan fingerprint density at radius 3 is 2.57 bits per heavy atom. The Bertz CT molecular complexity index is 1130. The minimum absolute atomic E-state index is 0.368. The second-order valence-electron chi connectivity index (χ2n) is 7.79. The van der Waals surface area contributed by atoms with Crippen molar-refractivity contribution >= 4 is 21.5 Å². The third-order valence-electron chi connectivity index (χ3n) is 5.82. The van der Waals surface area contributed by atoms with Crippen LogP contribution in [-0.2, 0) is 6.54 Å². The summed E-state index contributed by atoms with van der Waals surface area (Å²) >= 11 is 0. The van der Waals surface area contributed by atoms with Crippen molar-refractivity contribution in [3.05, 3.63) is 72.8 Å². The lowest BCUT2D eigenvalue weighted by Gasteiger charge is -2.30. The molecule has 0 unspecified atom stereocenters. The van der Waals surface area contributed by atoms with Crippen LogP contribution in [0.4, 0.5) is 0 Å². The maximum absolute atomic E-state index is 6.05. The number of aromatic nitrogens is 2. The lowest BCUT2D eigenvalue weighted by Crippen LogP contribution is -2.39. The zero-order chi connectivity index (χ0) is 18.9. The molecule has 2 aromatic carbocycles. The molecule has 4 nitrogen and oxygen atoms in total. The molecule has 1 saturated heterocycles. The molecule has 1 aliphatic rings. The number of pyridine rings is 2. The molecule has 0 amide bonds. The van der Waals surface area contributed by atoms with Crippen molar-refractivity contribution in [1.82, 2.24) is 14.9 Å². The summed E-state index contributed by atoms with van der Waals surface area (Å²) in [7, 11) is 0. The van der Waals surface area contributed by atoms with Crippen LogP contribution in [0.15, 0.2) is 67.3 Å². The molecule has 3 heterocycles. The number of hydrogen-bond acceptors (Lipinski definition) is 4. The van der Waals surface area contributed by atoms with Crippen LogP contribution in [0.3, 0.4) is 0 Å². The fraction of sp³-hybridized carbons (Fsp3) is 0.250. The molecule has 2 aromatic heterocycles. The number of nitrogens with two attached hydrogens (primary N) is 1. The molecule has 0 aliphatic carbocycles. The molecule has 0 radical (unpaired) electrons. The summed E-state index contributed by atoms with van der Waals surface area (Å²) in [6.07, 6.45) is 9.86. The minimum Gasteiger partial charge on any atom is -0.328 e. The number of benzene rings is 2. The summed E-state index contributed by atoms with van der Waals surface area (Å²) in [4.78, 5) is 11.3. The fourth-order valence-electron chi connectivity index (χ4n) is 4.16. The summed E-state index contributed by atoms with van der Waals surface area (Å²) in [6.45, 7) is 3.15. The first-order valence-electron chi connectivity index (χ1n) is 9.95. The van der Waals surface area contributed by atoms with Gasteiger partial charge in [-0.3, -0.25) is 14.9 Å². The highest BCUT2D eigenvalue weighted by molar-refractivity contribution is 5.98. The zero-order valence-corrected chi connectivity index (χ0v) is 15.9. The van der Waals surface area contributed by atoms with Gasteiger partial charge in [-0.15, -0.1) is 0 Å². The predicted octanol–water partition coefficient (Wildman–Crippen LogP) is 4.37. The Kier molecular flexibility index (Phi) is 4.51. The van der Waals surface area contributed by atoms with Crippen molar-refractivity contribution in [2.75, 3.05) is 13.1 Å². The van der Waals surface area contributed by atoms with Crippen molar-refractivity contribution < 1.29 is 0 Å². The van der Waals surface area contributed by atoms with Crippen molar-refractivity contribution in [3.8, 4) is 11.1 Å². The van der Waals surface area contributed by atoms with Crippen LogP contribution < -0.4 is 5.73 Å². The molecule has 2 N–H and O–H groups in total. The van der Waals surface area contributed by atoms with Gasteiger partial charge in [0.15, 0.2) is 0 Å². The van der Waals surface area contributed by atoms with Gasteiger partial charge in [0.05, 0.1) is 0 Å². The highest BCUT2D eigenvalue weighted by Gasteiger charge is 2.16. The monoisotopic (exact) mass is 368 g/mol. The first kappa shape index (κ1) is 17.3. The van der Waals surface area contributed by atoms with Crippen LogP contribution in [0.25, 0.3) is 32.7 Å². The van der Waals surface area contributed by atoms with E-state index in [4.69, 9.17) is 5.73 Å². The van der Waals surface area contributed by atoms with Gasteiger partial charge >= 0.3 is 0 Å². The topological polar surface area (TPSA) is 55.0 Å². The summed E-state index contributed by atoms with van der Waals surface area (Å²) < 4.78 is 0. The van der Waals surface area contributed by atoms with Crippen molar-refractivity contribution in [2.45, 2.75) is 25.4 Å². The predicted molar refractivity (Wildman–Crippen MR) is 115 cm³/mol. The lowest BCUT2D eigenvalue weighted by atomic mass is 9.97. The van der Waals surface area contributed by atoms with Gasteiger partial charge in [0.1, 0.15) is 0 Å². The molecular weight excluding hydrogens is 344 g/mol. The number of fused-ring (bicyclic) bond motifs is 2. The van der Waals surface area contributed by atoms with E-state index in [-0.39, 0.29) is 0 Å². The van der Waals surface area contributed by atoms with Crippen LogP contribution in [-0.4, -0.2) is 34.0 Å². The standard InChI is InChI=1S/C24H24N4/c25-22-6-9-28(10-7-22)16-17-1-2-20-13-27-15-24(23(20)11-17)19-4-3-18-5-8-26-14-21(18)12-19/h1-5,8,11-15,22H,6-7,9-10,16,25H2. The highest BCUT2D eigenvalue weighted by atomic mass is 15.1. The van der Waals surface area contributed by atoms with E-state index in [0.29, 0.717) is 6.04 Å². The smallest absolute Gasteiger partial charge is 0.0352 e. The molecule has 5 rings (SSSR count). The maximum atomic E-state index is 6.05. The normalized spacial score (nSPS) is 16.0. The average Bonchev–Trinajstić information content (AvgIpc) is 2.74. The molecule has 28 heavy (non-hydrogen) atoms. The third-order valence-corrected chi connectivity index (χ3v) is 5.82. The maximum Gasteiger partial charge on any atom is 0.0352 e. The molecular formula is C24H24N4. The Morgan fingerprint density at radius 1 is 0.857 bits per heavy atom. The van der Waals surface area contributed by atoms with Gasteiger partial charge in [0, 0.05) is 53.7 Å². The van der Waals surface area contributed by atoms with Gasteiger partial charge < -0.3 is 5.73 Å². The van der Waals surface area contributed by atoms with Crippen LogP contribution in [0.1, 0.15) is 18.4 Å². The Hall–Kier alpha value is -2.82. The molecule has 0 saturated carbocycles. The summed E-state index contributed by atoms with van der Waals surface area (Å²) in [6, 6.07) is 15.7. The SMILES string of the molecule is NC1CCN(Cc2ccc3cncc(-c4ccc5ccncc5c4)c3c2)CC1.